The first-order valence-electron chi connectivity index (χ1n) is 6.68. The highest BCUT2D eigenvalue weighted by Crippen LogP contribution is 2.14. The van der Waals surface area contributed by atoms with Crippen molar-refractivity contribution < 1.29 is 9.53 Å². The summed E-state index contributed by atoms with van der Waals surface area (Å²) in [6.45, 7) is 6.52. The number of carbonyl (C=O) groups excluding carboxylic acids is 1. The van der Waals surface area contributed by atoms with Crippen LogP contribution in [-0.4, -0.2) is 23.9 Å². The molecule has 1 unspecified atom stereocenters. The Morgan fingerprint density at radius 2 is 2.11 bits per heavy atom. The fraction of sp³-hybridized carbons (Fsp3) is 0.533. The zero-order valence-electron chi connectivity index (χ0n) is 11.8. The van der Waals surface area contributed by atoms with E-state index in [-0.39, 0.29) is 17.4 Å². The molecule has 19 heavy (non-hydrogen) atoms. The van der Waals surface area contributed by atoms with Gasteiger partial charge in [-0.25, -0.2) is 0 Å². The lowest BCUT2D eigenvalue weighted by Crippen LogP contribution is -2.24. The van der Waals surface area contributed by atoms with Gasteiger partial charge in [0.25, 0.3) is 5.91 Å². The molecule has 1 aromatic rings. The molecular formula is C15H22ClNO2. The number of nitrogens with one attached hydrogen (secondary N) is 1. The fourth-order valence-electron chi connectivity index (χ4n) is 1.67. The van der Waals surface area contributed by atoms with Gasteiger partial charge in [-0.1, -0.05) is 6.07 Å². The summed E-state index contributed by atoms with van der Waals surface area (Å²) in [5.41, 5.74) is 0.622. The van der Waals surface area contributed by atoms with Gasteiger partial charge in [-0.15, -0.1) is 11.6 Å². The summed E-state index contributed by atoms with van der Waals surface area (Å²) < 4.78 is 5.56. The summed E-state index contributed by atoms with van der Waals surface area (Å²) in [6.07, 6.45) is 1.89. The molecule has 0 saturated heterocycles. The van der Waals surface area contributed by atoms with Gasteiger partial charge in [-0.2, -0.15) is 0 Å². The molecule has 1 N–H and O–H groups in total. The minimum absolute atomic E-state index is 0.0727. The maximum atomic E-state index is 11.9. The zero-order valence-corrected chi connectivity index (χ0v) is 12.5. The van der Waals surface area contributed by atoms with E-state index in [1.54, 1.807) is 12.1 Å². The third-order valence-electron chi connectivity index (χ3n) is 2.53. The van der Waals surface area contributed by atoms with E-state index in [1.165, 1.54) is 0 Å². The van der Waals surface area contributed by atoms with Gasteiger partial charge in [0.2, 0.25) is 0 Å². The Kier molecular flexibility index (Phi) is 6.71. The van der Waals surface area contributed by atoms with Gasteiger partial charge in [0, 0.05) is 17.5 Å². The van der Waals surface area contributed by atoms with Crippen molar-refractivity contribution in [2.24, 2.45) is 0 Å². The lowest BCUT2D eigenvalue weighted by Gasteiger charge is -2.11. The van der Waals surface area contributed by atoms with E-state index in [0.717, 1.165) is 18.6 Å². The van der Waals surface area contributed by atoms with Crippen LogP contribution < -0.4 is 10.1 Å². The van der Waals surface area contributed by atoms with E-state index in [1.807, 2.05) is 32.9 Å². The van der Waals surface area contributed by atoms with Crippen LogP contribution in [0.15, 0.2) is 24.3 Å². The smallest absolute Gasteiger partial charge is 0.251 e. The van der Waals surface area contributed by atoms with Gasteiger partial charge in [0.1, 0.15) is 5.75 Å². The number of halogens is 1. The SMILES string of the molecule is CC(Cl)CCCNC(=O)c1cccc(OC(C)C)c1. The molecule has 1 amide bonds. The zero-order chi connectivity index (χ0) is 14.3. The maximum absolute atomic E-state index is 11.9. The molecule has 1 rings (SSSR count). The molecule has 0 aromatic heterocycles. The van der Waals surface area contributed by atoms with Crippen LogP contribution in [-0.2, 0) is 0 Å². The first-order chi connectivity index (χ1) is 8.99. The van der Waals surface area contributed by atoms with Gasteiger partial charge in [-0.3, -0.25) is 4.79 Å². The van der Waals surface area contributed by atoms with Crippen molar-refractivity contribution in [3.8, 4) is 5.75 Å². The van der Waals surface area contributed by atoms with E-state index in [2.05, 4.69) is 5.32 Å². The quantitative estimate of drug-likeness (QED) is 0.613. The summed E-state index contributed by atoms with van der Waals surface area (Å²) in [5.74, 6) is 0.647. The Labute approximate surface area is 120 Å². The lowest BCUT2D eigenvalue weighted by atomic mass is 10.2. The second-order valence-electron chi connectivity index (χ2n) is 4.87. The molecule has 0 aliphatic rings. The average molecular weight is 284 g/mol. The molecule has 0 aliphatic carbocycles. The van der Waals surface area contributed by atoms with Crippen LogP contribution in [0.3, 0.4) is 0 Å². The molecule has 1 aromatic carbocycles. The Balaban J connectivity index is 2.47. The molecule has 0 bridgehead atoms. The molecule has 0 radical (unpaired) electrons. The van der Waals surface area contributed by atoms with Gasteiger partial charge in [0.05, 0.1) is 6.10 Å². The largest absolute Gasteiger partial charge is 0.491 e. The van der Waals surface area contributed by atoms with Crippen LogP contribution >= 0.6 is 11.6 Å². The van der Waals surface area contributed by atoms with Gasteiger partial charge >= 0.3 is 0 Å². The third-order valence-corrected chi connectivity index (χ3v) is 2.75. The van der Waals surface area contributed by atoms with Crippen molar-refractivity contribution in [3.63, 3.8) is 0 Å². The number of ether oxygens (including phenoxy) is 1. The van der Waals surface area contributed by atoms with Crippen LogP contribution in [0, 0.1) is 0 Å². The Morgan fingerprint density at radius 3 is 2.74 bits per heavy atom. The molecule has 4 heteroatoms. The summed E-state index contributed by atoms with van der Waals surface area (Å²) in [5, 5.41) is 3.03. The summed E-state index contributed by atoms with van der Waals surface area (Å²) >= 11 is 5.85. The highest BCUT2D eigenvalue weighted by atomic mass is 35.5. The number of alkyl halides is 1. The van der Waals surface area contributed by atoms with Crippen LogP contribution in [0.25, 0.3) is 0 Å². The fourth-order valence-corrected chi connectivity index (χ4v) is 1.82. The van der Waals surface area contributed by atoms with Crippen molar-refractivity contribution in [1.29, 1.82) is 0 Å². The first-order valence-corrected chi connectivity index (χ1v) is 7.11. The summed E-state index contributed by atoms with van der Waals surface area (Å²) in [6, 6.07) is 7.23. The van der Waals surface area contributed by atoms with Gasteiger partial charge in [0.15, 0.2) is 0 Å². The highest BCUT2D eigenvalue weighted by Gasteiger charge is 2.07. The number of rotatable bonds is 7. The number of amides is 1. The molecule has 1 atom stereocenters. The van der Waals surface area contributed by atoms with Crippen molar-refractivity contribution in [2.45, 2.75) is 45.1 Å². The van der Waals surface area contributed by atoms with Crippen molar-refractivity contribution in [2.75, 3.05) is 6.54 Å². The predicted molar refractivity (Wildman–Crippen MR) is 79.1 cm³/mol. The number of hydrogen-bond acceptors (Lipinski definition) is 2. The lowest BCUT2D eigenvalue weighted by molar-refractivity contribution is 0.0952. The predicted octanol–water partition coefficient (Wildman–Crippen LogP) is 3.61. The van der Waals surface area contributed by atoms with E-state index >= 15 is 0 Å². The van der Waals surface area contributed by atoms with Crippen LogP contribution in [0.1, 0.15) is 44.0 Å². The number of carbonyl (C=O) groups is 1. The van der Waals surface area contributed by atoms with E-state index < -0.39 is 0 Å². The van der Waals surface area contributed by atoms with Crippen LogP contribution in [0.5, 0.6) is 5.75 Å². The maximum Gasteiger partial charge on any atom is 0.251 e. The molecule has 0 heterocycles. The Hall–Kier alpha value is -1.22. The molecule has 106 valence electrons. The molecule has 0 saturated carbocycles. The Morgan fingerprint density at radius 1 is 1.37 bits per heavy atom. The van der Waals surface area contributed by atoms with E-state index in [4.69, 9.17) is 16.3 Å². The highest BCUT2D eigenvalue weighted by molar-refractivity contribution is 6.20. The van der Waals surface area contributed by atoms with E-state index in [0.29, 0.717) is 12.1 Å². The van der Waals surface area contributed by atoms with Crippen molar-refractivity contribution >= 4 is 17.5 Å². The minimum atomic E-state index is -0.0727. The van der Waals surface area contributed by atoms with Crippen molar-refractivity contribution in [3.05, 3.63) is 29.8 Å². The molecule has 0 aliphatic heterocycles. The topological polar surface area (TPSA) is 38.3 Å². The number of benzene rings is 1. The molecule has 3 nitrogen and oxygen atoms in total. The summed E-state index contributed by atoms with van der Waals surface area (Å²) in [4.78, 5) is 11.9. The monoisotopic (exact) mass is 283 g/mol. The second kappa shape index (κ2) is 8.05. The van der Waals surface area contributed by atoms with Gasteiger partial charge < -0.3 is 10.1 Å². The van der Waals surface area contributed by atoms with Gasteiger partial charge in [-0.05, 0) is 51.8 Å². The molecule has 0 spiro atoms. The normalized spacial score (nSPS) is 12.3. The Bertz CT molecular complexity index is 405. The average Bonchev–Trinajstić information content (AvgIpc) is 2.33. The first kappa shape index (κ1) is 15.8. The van der Waals surface area contributed by atoms with Crippen molar-refractivity contribution in [1.82, 2.24) is 5.32 Å². The van der Waals surface area contributed by atoms with Crippen LogP contribution in [0.2, 0.25) is 0 Å². The second-order valence-corrected chi connectivity index (χ2v) is 5.62. The standard InChI is InChI=1S/C15H22ClNO2/c1-11(2)19-14-8-4-7-13(10-14)15(18)17-9-5-6-12(3)16/h4,7-8,10-12H,5-6,9H2,1-3H3,(H,17,18). The van der Waals surface area contributed by atoms with Crippen LogP contribution in [0.4, 0.5) is 0 Å². The molecule has 0 fully saturated rings. The summed E-state index contributed by atoms with van der Waals surface area (Å²) in [7, 11) is 0. The number of hydrogen-bond donors (Lipinski definition) is 1. The minimum Gasteiger partial charge on any atom is -0.491 e. The molecular weight excluding hydrogens is 262 g/mol. The van der Waals surface area contributed by atoms with E-state index in [9.17, 15) is 4.79 Å². The third kappa shape index (κ3) is 6.48.